The number of nitrogens with zero attached hydrogens (tertiary/aromatic N) is 5. The minimum absolute atomic E-state index is 0.644. The largest absolute Gasteiger partial charge is 0.381 e. The van der Waals surface area contributed by atoms with Crippen LogP contribution in [0.4, 0.5) is 0 Å². The summed E-state index contributed by atoms with van der Waals surface area (Å²) in [6.07, 6.45) is 12.9. The Morgan fingerprint density at radius 1 is 1.22 bits per heavy atom. The number of hydrogen-bond donors (Lipinski definition) is 0. The van der Waals surface area contributed by atoms with Crippen LogP contribution in [-0.4, -0.2) is 37.4 Å². The van der Waals surface area contributed by atoms with Crippen molar-refractivity contribution < 1.29 is 4.74 Å². The summed E-state index contributed by atoms with van der Waals surface area (Å²) < 4.78 is 9.50. The van der Waals surface area contributed by atoms with Crippen molar-refractivity contribution in [3.8, 4) is 11.3 Å². The Labute approximate surface area is 135 Å². The molecule has 0 bridgehead atoms. The van der Waals surface area contributed by atoms with E-state index in [1.807, 2.05) is 29.5 Å². The molecule has 0 N–H and O–H groups in total. The van der Waals surface area contributed by atoms with E-state index in [4.69, 9.17) is 4.74 Å². The Balaban J connectivity index is 1.68. The summed E-state index contributed by atoms with van der Waals surface area (Å²) in [7, 11) is 0. The fraction of sp³-hybridized carbons (Fsp3) is 0.471. The number of fused-ring (bicyclic) bond motifs is 1. The summed E-state index contributed by atoms with van der Waals surface area (Å²) in [6.45, 7) is 4.68. The van der Waals surface area contributed by atoms with Gasteiger partial charge in [-0.2, -0.15) is 5.10 Å². The Hall–Kier alpha value is -2.21. The molecule has 1 aliphatic heterocycles. The summed E-state index contributed by atoms with van der Waals surface area (Å²) in [5.74, 6) is 0.644. The summed E-state index contributed by atoms with van der Waals surface area (Å²) in [6, 6.07) is 0. The molecule has 6 heteroatoms. The standard InChI is InChI=1S/C17H21N5O/c1-2-21-12-14(10-20-21)16-11-19-17-15(18-5-6-22(16)17)9-13-3-7-23-8-4-13/h5-6,10-13H,2-4,7-9H2,1H3. The number of rotatable bonds is 4. The van der Waals surface area contributed by atoms with Crippen molar-refractivity contribution in [3.63, 3.8) is 0 Å². The summed E-state index contributed by atoms with van der Waals surface area (Å²) >= 11 is 0. The molecule has 1 aliphatic rings. The van der Waals surface area contributed by atoms with Gasteiger partial charge in [0, 0.05) is 43.9 Å². The van der Waals surface area contributed by atoms with Crippen molar-refractivity contribution in [1.82, 2.24) is 24.1 Å². The monoisotopic (exact) mass is 311 g/mol. The smallest absolute Gasteiger partial charge is 0.159 e. The van der Waals surface area contributed by atoms with Gasteiger partial charge in [0.25, 0.3) is 0 Å². The van der Waals surface area contributed by atoms with Gasteiger partial charge in [-0.25, -0.2) is 4.98 Å². The number of aryl methyl sites for hydroxylation is 1. The minimum Gasteiger partial charge on any atom is -0.381 e. The topological polar surface area (TPSA) is 57.2 Å². The van der Waals surface area contributed by atoms with Crippen LogP contribution >= 0.6 is 0 Å². The lowest BCUT2D eigenvalue weighted by molar-refractivity contribution is 0.0663. The number of ether oxygens (including phenoxy) is 1. The Bertz CT molecular complexity index is 800. The average molecular weight is 311 g/mol. The highest BCUT2D eigenvalue weighted by Gasteiger charge is 2.18. The molecule has 23 heavy (non-hydrogen) atoms. The molecular weight excluding hydrogens is 290 g/mol. The highest BCUT2D eigenvalue weighted by molar-refractivity contribution is 5.63. The van der Waals surface area contributed by atoms with Crippen LogP contribution in [0.3, 0.4) is 0 Å². The van der Waals surface area contributed by atoms with Gasteiger partial charge in [-0.15, -0.1) is 0 Å². The molecule has 0 saturated carbocycles. The lowest BCUT2D eigenvalue weighted by Crippen LogP contribution is -2.18. The minimum atomic E-state index is 0.644. The van der Waals surface area contributed by atoms with Gasteiger partial charge in [0.2, 0.25) is 0 Å². The van der Waals surface area contributed by atoms with Crippen LogP contribution in [0.15, 0.2) is 31.0 Å². The molecule has 3 aromatic rings. The first-order valence-electron chi connectivity index (χ1n) is 8.26. The lowest BCUT2D eigenvalue weighted by atomic mass is 9.95. The van der Waals surface area contributed by atoms with Gasteiger partial charge >= 0.3 is 0 Å². The van der Waals surface area contributed by atoms with Crippen LogP contribution in [0, 0.1) is 5.92 Å². The second kappa shape index (κ2) is 6.12. The third kappa shape index (κ3) is 2.74. The van der Waals surface area contributed by atoms with Gasteiger partial charge in [0.15, 0.2) is 5.65 Å². The predicted octanol–water partition coefficient (Wildman–Crippen LogP) is 2.58. The molecule has 0 aliphatic carbocycles. The van der Waals surface area contributed by atoms with E-state index in [-0.39, 0.29) is 0 Å². The van der Waals surface area contributed by atoms with Crippen molar-refractivity contribution in [1.29, 1.82) is 0 Å². The maximum Gasteiger partial charge on any atom is 0.159 e. The summed E-state index contributed by atoms with van der Waals surface area (Å²) in [4.78, 5) is 9.21. The Morgan fingerprint density at radius 2 is 2.09 bits per heavy atom. The van der Waals surface area contributed by atoms with Gasteiger partial charge in [-0.05, 0) is 32.1 Å². The second-order valence-electron chi connectivity index (χ2n) is 6.06. The lowest BCUT2D eigenvalue weighted by Gasteiger charge is -2.21. The normalized spacial score (nSPS) is 16.2. The maximum atomic E-state index is 5.45. The van der Waals surface area contributed by atoms with E-state index >= 15 is 0 Å². The van der Waals surface area contributed by atoms with Crippen LogP contribution < -0.4 is 0 Å². The summed E-state index contributed by atoms with van der Waals surface area (Å²) in [5.41, 5.74) is 4.18. The fourth-order valence-corrected chi connectivity index (χ4v) is 3.22. The van der Waals surface area contributed by atoms with Gasteiger partial charge in [-0.3, -0.25) is 14.1 Å². The van der Waals surface area contributed by atoms with Gasteiger partial charge < -0.3 is 4.74 Å². The van der Waals surface area contributed by atoms with E-state index in [2.05, 4.69) is 32.6 Å². The van der Waals surface area contributed by atoms with Crippen molar-refractivity contribution in [2.45, 2.75) is 32.7 Å². The van der Waals surface area contributed by atoms with Crippen molar-refractivity contribution in [2.75, 3.05) is 13.2 Å². The highest BCUT2D eigenvalue weighted by Crippen LogP contribution is 2.24. The predicted molar refractivity (Wildman–Crippen MR) is 87.1 cm³/mol. The van der Waals surface area contributed by atoms with Crippen molar-refractivity contribution >= 4 is 5.65 Å². The summed E-state index contributed by atoms with van der Waals surface area (Å²) in [5, 5.41) is 4.36. The van der Waals surface area contributed by atoms with Gasteiger partial charge in [0.05, 0.1) is 23.8 Å². The van der Waals surface area contributed by atoms with E-state index in [1.54, 1.807) is 0 Å². The van der Waals surface area contributed by atoms with E-state index in [0.717, 1.165) is 61.6 Å². The van der Waals surface area contributed by atoms with E-state index < -0.39 is 0 Å². The average Bonchev–Trinajstić information content (AvgIpc) is 3.22. The molecular formula is C17H21N5O. The van der Waals surface area contributed by atoms with Crippen LogP contribution in [0.1, 0.15) is 25.5 Å². The second-order valence-corrected chi connectivity index (χ2v) is 6.06. The molecule has 0 radical (unpaired) electrons. The molecule has 4 rings (SSSR count). The van der Waals surface area contributed by atoms with E-state index in [9.17, 15) is 0 Å². The van der Waals surface area contributed by atoms with Gasteiger partial charge in [0.1, 0.15) is 0 Å². The molecule has 0 unspecified atom stereocenters. The van der Waals surface area contributed by atoms with Crippen LogP contribution in [0.5, 0.6) is 0 Å². The first-order chi connectivity index (χ1) is 11.3. The van der Waals surface area contributed by atoms with Crippen LogP contribution in [0.25, 0.3) is 16.9 Å². The zero-order chi connectivity index (χ0) is 15.6. The first-order valence-corrected chi connectivity index (χ1v) is 8.26. The van der Waals surface area contributed by atoms with Crippen molar-refractivity contribution in [3.05, 3.63) is 36.7 Å². The highest BCUT2D eigenvalue weighted by atomic mass is 16.5. The third-order valence-corrected chi connectivity index (χ3v) is 4.58. The molecule has 1 saturated heterocycles. The molecule has 0 aromatic carbocycles. The quantitative estimate of drug-likeness (QED) is 0.743. The first kappa shape index (κ1) is 14.4. The molecule has 1 fully saturated rings. The number of aromatic nitrogens is 5. The molecule has 0 atom stereocenters. The molecule has 6 nitrogen and oxygen atoms in total. The third-order valence-electron chi connectivity index (χ3n) is 4.58. The van der Waals surface area contributed by atoms with Crippen molar-refractivity contribution in [2.24, 2.45) is 5.92 Å². The van der Waals surface area contributed by atoms with Crippen LogP contribution in [0.2, 0.25) is 0 Å². The zero-order valence-electron chi connectivity index (χ0n) is 13.4. The van der Waals surface area contributed by atoms with Gasteiger partial charge in [-0.1, -0.05) is 0 Å². The molecule has 0 amide bonds. The van der Waals surface area contributed by atoms with Crippen LogP contribution in [-0.2, 0) is 17.7 Å². The number of imidazole rings is 1. The zero-order valence-corrected chi connectivity index (χ0v) is 13.4. The molecule has 4 heterocycles. The molecule has 3 aromatic heterocycles. The maximum absolute atomic E-state index is 5.45. The fourth-order valence-electron chi connectivity index (χ4n) is 3.22. The Kier molecular flexibility index (Phi) is 3.83. The Morgan fingerprint density at radius 3 is 2.87 bits per heavy atom. The van der Waals surface area contributed by atoms with E-state index in [0.29, 0.717) is 5.92 Å². The molecule has 120 valence electrons. The SMILES string of the molecule is CCn1cc(-c2cnc3c(CC4CCOCC4)nccn23)cn1. The molecule has 0 spiro atoms. The van der Waals surface area contributed by atoms with E-state index in [1.165, 1.54) is 0 Å². The number of hydrogen-bond acceptors (Lipinski definition) is 4.